The van der Waals surface area contributed by atoms with Crippen molar-refractivity contribution in [2.45, 2.75) is 6.42 Å². The number of nitrogens with zero attached hydrogens (tertiary/aromatic N) is 2. The van der Waals surface area contributed by atoms with Crippen LogP contribution in [0.5, 0.6) is 0 Å². The average Bonchev–Trinajstić information content (AvgIpc) is 3.02. The minimum absolute atomic E-state index is 0.136. The molecule has 0 aliphatic carbocycles. The molecule has 1 aromatic carbocycles. The van der Waals surface area contributed by atoms with E-state index in [4.69, 9.17) is 23.2 Å². The molecule has 0 atom stereocenters. The Kier molecular flexibility index (Phi) is 5.50. The third-order valence-electron chi connectivity index (χ3n) is 3.29. The van der Waals surface area contributed by atoms with Gasteiger partial charge in [0.2, 0.25) is 5.28 Å². The minimum atomic E-state index is -0.136. The summed E-state index contributed by atoms with van der Waals surface area (Å²) < 4.78 is 0.974. The summed E-state index contributed by atoms with van der Waals surface area (Å²) in [5, 5.41) is 8.82. The molecule has 8 heteroatoms. The number of benzene rings is 1. The van der Waals surface area contributed by atoms with Crippen LogP contribution in [0, 0.1) is 0 Å². The summed E-state index contributed by atoms with van der Waals surface area (Å²) in [5.41, 5.74) is 1.38. The molecule has 2 heterocycles. The van der Waals surface area contributed by atoms with Gasteiger partial charge in [0.05, 0.1) is 10.2 Å². The van der Waals surface area contributed by atoms with E-state index in [1.54, 1.807) is 35.6 Å². The Bertz CT molecular complexity index is 868. The van der Waals surface area contributed by atoms with Crippen LogP contribution in [-0.2, 0) is 0 Å². The molecule has 2 N–H and O–H groups in total. The van der Waals surface area contributed by atoms with Crippen LogP contribution in [0.15, 0.2) is 35.7 Å². The van der Waals surface area contributed by atoms with Gasteiger partial charge in [-0.3, -0.25) is 4.79 Å². The first kappa shape index (κ1) is 17.0. The van der Waals surface area contributed by atoms with E-state index in [2.05, 4.69) is 20.6 Å². The Morgan fingerprint density at radius 3 is 2.88 bits per heavy atom. The van der Waals surface area contributed by atoms with Crippen molar-refractivity contribution in [2.75, 3.05) is 18.4 Å². The van der Waals surface area contributed by atoms with E-state index in [0.29, 0.717) is 23.7 Å². The Morgan fingerprint density at radius 1 is 1.17 bits per heavy atom. The van der Waals surface area contributed by atoms with Crippen LogP contribution in [0.2, 0.25) is 10.3 Å². The molecule has 1 amide bonds. The van der Waals surface area contributed by atoms with E-state index in [-0.39, 0.29) is 11.2 Å². The minimum Gasteiger partial charge on any atom is -0.369 e. The predicted molar refractivity (Wildman–Crippen MR) is 99.3 cm³/mol. The van der Waals surface area contributed by atoms with Crippen molar-refractivity contribution >= 4 is 56.5 Å². The molecule has 0 spiro atoms. The second-order valence-corrected chi connectivity index (χ2v) is 6.71. The fraction of sp³-hybridized carbons (Fsp3) is 0.188. The molecule has 0 radical (unpaired) electrons. The predicted octanol–water partition coefficient (Wildman–Crippen LogP) is 4.23. The molecular formula is C16H14Cl2N4OS. The molecule has 0 bridgehead atoms. The third-order valence-corrected chi connectivity index (χ3v) is 4.61. The van der Waals surface area contributed by atoms with E-state index in [1.165, 1.54) is 0 Å². The number of aromatic nitrogens is 2. The maximum Gasteiger partial charge on any atom is 0.251 e. The summed E-state index contributed by atoms with van der Waals surface area (Å²) in [6.45, 7) is 1.21. The molecular weight excluding hydrogens is 367 g/mol. The van der Waals surface area contributed by atoms with Gasteiger partial charge in [-0.1, -0.05) is 17.7 Å². The van der Waals surface area contributed by atoms with Gasteiger partial charge < -0.3 is 10.6 Å². The van der Waals surface area contributed by atoms with E-state index in [0.717, 1.165) is 22.5 Å². The van der Waals surface area contributed by atoms with Crippen molar-refractivity contribution in [3.05, 3.63) is 51.6 Å². The van der Waals surface area contributed by atoms with E-state index in [1.807, 2.05) is 11.4 Å². The number of nitrogens with one attached hydrogen (secondary N) is 2. The zero-order valence-corrected chi connectivity index (χ0v) is 14.9. The summed E-state index contributed by atoms with van der Waals surface area (Å²) in [6.07, 6.45) is 0.751. The van der Waals surface area contributed by atoms with Crippen LogP contribution >= 0.6 is 34.5 Å². The van der Waals surface area contributed by atoms with Gasteiger partial charge in [0.25, 0.3) is 5.91 Å². The molecule has 3 aromatic rings. The maximum atomic E-state index is 12.0. The number of halogens is 2. The van der Waals surface area contributed by atoms with Gasteiger partial charge in [-0.05, 0) is 47.7 Å². The van der Waals surface area contributed by atoms with Gasteiger partial charge in [0, 0.05) is 23.7 Å². The first-order valence-electron chi connectivity index (χ1n) is 7.32. The number of anilines is 1. The van der Waals surface area contributed by atoms with Crippen molar-refractivity contribution in [3.63, 3.8) is 0 Å². The van der Waals surface area contributed by atoms with Crippen molar-refractivity contribution in [3.8, 4) is 0 Å². The molecule has 0 aliphatic rings. The molecule has 0 fully saturated rings. The lowest BCUT2D eigenvalue weighted by Gasteiger charge is -2.08. The number of hydrogen-bond donors (Lipinski definition) is 2. The highest BCUT2D eigenvalue weighted by Crippen LogP contribution is 2.27. The lowest BCUT2D eigenvalue weighted by molar-refractivity contribution is 0.0953. The molecule has 0 unspecified atom stereocenters. The smallest absolute Gasteiger partial charge is 0.251 e. The highest BCUT2D eigenvalue weighted by molar-refractivity contribution is 7.17. The Labute approximate surface area is 153 Å². The maximum absolute atomic E-state index is 12.0. The molecule has 24 heavy (non-hydrogen) atoms. The number of thiophene rings is 1. The molecule has 3 rings (SSSR count). The summed E-state index contributed by atoms with van der Waals surface area (Å²) in [6, 6.07) is 8.77. The molecule has 0 saturated heterocycles. The van der Waals surface area contributed by atoms with Crippen molar-refractivity contribution in [2.24, 2.45) is 0 Å². The number of rotatable bonds is 6. The molecule has 5 nitrogen and oxygen atoms in total. The second-order valence-electron chi connectivity index (χ2n) is 5.02. The molecule has 124 valence electrons. The van der Waals surface area contributed by atoms with Gasteiger partial charge in [-0.25, -0.2) is 4.98 Å². The van der Waals surface area contributed by atoms with E-state index in [9.17, 15) is 4.79 Å². The van der Waals surface area contributed by atoms with Crippen molar-refractivity contribution in [1.29, 1.82) is 0 Å². The molecule has 2 aromatic heterocycles. The number of fused-ring (bicyclic) bond motifs is 1. The van der Waals surface area contributed by atoms with Gasteiger partial charge in [0.15, 0.2) is 0 Å². The number of amides is 1. The first-order chi connectivity index (χ1) is 11.6. The summed E-state index contributed by atoms with van der Waals surface area (Å²) in [4.78, 5) is 20.4. The van der Waals surface area contributed by atoms with Crippen molar-refractivity contribution in [1.82, 2.24) is 15.3 Å². The standard InChI is InChI=1S/C16H14Cl2N4OS/c17-11-4-1-3-10(9-11)15(23)20-7-2-6-19-14-13-12(5-8-24-13)21-16(18)22-14/h1,3-5,8-9H,2,6-7H2,(H,20,23)(H,19,21,22). The zero-order valence-electron chi connectivity index (χ0n) is 12.6. The van der Waals surface area contributed by atoms with Crippen LogP contribution in [0.3, 0.4) is 0 Å². The summed E-state index contributed by atoms with van der Waals surface area (Å²) in [7, 11) is 0. The largest absolute Gasteiger partial charge is 0.369 e. The van der Waals surface area contributed by atoms with Crippen LogP contribution in [0.25, 0.3) is 10.2 Å². The second kappa shape index (κ2) is 7.79. The first-order valence-corrected chi connectivity index (χ1v) is 8.95. The highest BCUT2D eigenvalue weighted by atomic mass is 35.5. The highest BCUT2D eigenvalue weighted by Gasteiger charge is 2.08. The summed E-state index contributed by atoms with van der Waals surface area (Å²) >= 11 is 13.4. The van der Waals surface area contributed by atoms with Crippen LogP contribution in [-0.4, -0.2) is 29.0 Å². The Balaban J connectivity index is 1.48. The lowest BCUT2D eigenvalue weighted by atomic mass is 10.2. The fourth-order valence-electron chi connectivity index (χ4n) is 2.18. The molecule has 0 saturated carbocycles. The van der Waals surface area contributed by atoms with Crippen molar-refractivity contribution < 1.29 is 4.79 Å². The average molecular weight is 381 g/mol. The zero-order chi connectivity index (χ0) is 16.9. The van der Waals surface area contributed by atoms with Gasteiger partial charge in [-0.15, -0.1) is 11.3 Å². The third kappa shape index (κ3) is 4.14. The quantitative estimate of drug-likeness (QED) is 0.495. The Morgan fingerprint density at radius 2 is 2.04 bits per heavy atom. The number of carbonyl (C=O) groups excluding carboxylic acids is 1. The Hall–Kier alpha value is -1.89. The number of carbonyl (C=O) groups is 1. The van der Waals surface area contributed by atoms with Gasteiger partial charge in [-0.2, -0.15) is 4.98 Å². The monoisotopic (exact) mass is 380 g/mol. The SMILES string of the molecule is O=C(NCCCNc1nc(Cl)nc2ccsc12)c1cccc(Cl)c1. The van der Waals surface area contributed by atoms with E-state index >= 15 is 0 Å². The topological polar surface area (TPSA) is 66.9 Å². The fourth-order valence-corrected chi connectivity index (χ4v) is 3.35. The normalized spacial score (nSPS) is 10.8. The molecule has 0 aliphatic heterocycles. The number of hydrogen-bond acceptors (Lipinski definition) is 5. The van der Waals surface area contributed by atoms with Gasteiger partial charge in [0.1, 0.15) is 5.82 Å². The van der Waals surface area contributed by atoms with Crippen LogP contribution in [0.4, 0.5) is 5.82 Å². The van der Waals surface area contributed by atoms with Gasteiger partial charge >= 0.3 is 0 Å². The lowest BCUT2D eigenvalue weighted by Crippen LogP contribution is -2.25. The van der Waals surface area contributed by atoms with E-state index < -0.39 is 0 Å². The van der Waals surface area contributed by atoms with Crippen LogP contribution < -0.4 is 10.6 Å². The van der Waals surface area contributed by atoms with Crippen LogP contribution in [0.1, 0.15) is 16.8 Å². The summed E-state index contributed by atoms with van der Waals surface area (Å²) in [5.74, 6) is 0.587.